The van der Waals surface area contributed by atoms with E-state index in [0.717, 1.165) is 30.3 Å². The second-order valence-electron chi connectivity index (χ2n) is 5.16. The number of rotatable bonds is 6. The van der Waals surface area contributed by atoms with Crippen LogP contribution in [0, 0.1) is 13.8 Å². The molecule has 0 aliphatic heterocycles. The lowest BCUT2D eigenvalue weighted by Crippen LogP contribution is -2.18. The highest BCUT2D eigenvalue weighted by atomic mass is 32.1. The van der Waals surface area contributed by atoms with Gasteiger partial charge in [0.1, 0.15) is 5.01 Å². The molecular formula is C16H23N3S. The summed E-state index contributed by atoms with van der Waals surface area (Å²) >= 11 is 1.73. The summed E-state index contributed by atoms with van der Waals surface area (Å²) in [4.78, 5) is 6.94. The third kappa shape index (κ3) is 3.81. The summed E-state index contributed by atoms with van der Waals surface area (Å²) < 4.78 is 0. The lowest BCUT2D eigenvalue weighted by Gasteiger charge is -2.20. The van der Waals surface area contributed by atoms with Crippen LogP contribution in [0.2, 0.25) is 0 Å². The molecule has 0 bridgehead atoms. The predicted octanol–water partition coefficient (Wildman–Crippen LogP) is 3.51. The van der Waals surface area contributed by atoms with Crippen molar-refractivity contribution >= 4 is 17.0 Å². The highest BCUT2D eigenvalue weighted by Gasteiger charge is 2.08. The molecule has 0 aliphatic rings. The van der Waals surface area contributed by atoms with E-state index in [1.807, 2.05) is 0 Å². The zero-order valence-electron chi connectivity index (χ0n) is 12.7. The first kappa shape index (κ1) is 15.0. The number of thiazole rings is 1. The molecule has 0 saturated carbocycles. The maximum atomic E-state index is 4.67. The average molecular weight is 289 g/mol. The van der Waals surface area contributed by atoms with Crippen LogP contribution in [0.25, 0.3) is 0 Å². The lowest BCUT2D eigenvalue weighted by molar-refractivity contribution is 0.718. The highest BCUT2D eigenvalue weighted by Crippen LogP contribution is 2.22. The summed E-state index contributed by atoms with van der Waals surface area (Å²) in [6.07, 6.45) is 0. The van der Waals surface area contributed by atoms with Crippen LogP contribution in [0.3, 0.4) is 0 Å². The van der Waals surface area contributed by atoms with Crippen LogP contribution in [0.1, 0.15) is 28.8 Å². The molecule has 0 fully saturated rings. The highest BCUT2D eigenvalue weighted by molar-refractivity contribution is 7.09. The zero-order valence-corrected chi connectivity index (χ0v) is 13.5. The van der Waals surface area contributed by atoms with Gasteiger partial charge in [0.15, 0.2) is 0 Å². The first-order chi connectivity index (χ1) is 9.60. The van der Waals surface area contributed by atoms with E-state index in [4.69, 9.17) is 0 Å². The van der Waals surface area contributed by atoms with Crippen LogP contribution in [0.5, 0.6) is 0 Å². The molecule has 0 saturated heterocycles. The van der Waals surface area contributed by atoms with Crippen molar-refractivity contribution in [3.63, 3.8) is 0 Å². The minimum absolute atomic E-state index is 0.854. The number of nitrogens with zero attached hydrogens (tertiary/aromatic N) is 2. The van der Waals surface area contributed by atoms with Gasteiger partial charge in [0.05, 0.1) is 12.2 Å². The monoisotopic (exact) mass is 289 g/mol. The Hall–Kier alpha value is -1.39. The Bertz CT molecular complexity index is 563. The van der Waals surface area contributed by atoms with Crippen molar-refractivity contribution in [3.8, 4) is 0 Å². The number of hydrogen-bond donors (Lipinski definition) is 1. The maximum absolute atomic E-state index is 4.67. The molecular weight excluding hydrogens is 266 g/mol. The minimum Gasteiger partial charge on any atom is -0.368 e. The fraction of sp³-hybridized carbons (Fsp3) is 0.438. The van der Waals surface area contributed by atoms with Crippen molar-refractivity contribution in [3.05, 3.63) is 45.4 Å². The van der Waals surface area contributed by atoms with E-state index in [-0.39, 0.29) is 0 Å². The quantitative estimate of drug-likeness (QED) is 0.882. The van der Waals surface area contributed by atoms with Crippen molar-refractivity contribution in [1.29, 1.82) is 0 Å². The minimum atomic E-state index is 0.854. The Morgan fingerprint density at radius 1 is 1.30 bits per heavy atom. The smallest absolute Gasteiger partial charge is 0.107 e. The van der Waals surface area contributed by atoms with Crippen LogP contribution < -0.4 is 10.2 Å². The molecule has 2 rings (SSSR count). The van der Waals surface area contributed by atoms with Crippen molar-refractivity contribution < 1.29 is 0 Å². The van der Waals surface area contributed by atoms with Crippen LogP contribution in [0.4, 0.5) is 5.69 Å². The molecule has 108 valence electrons. The molecule has 0 radical (unpaired) electrons. The number of nitrogens with one attached hydrogen (secondary N) is 1. The molecule has 1 aromatic carbocycles. The first-order valence-electron chi connectivity index (χ1n) is 7.02. The summed E-state index contributed by atoms with van der Waals surface area (Å²) in [5, 5.41) is 6.63. The van der Waals surface area contributed by atoms with Gasteiger partial charge in [-0.25, -0.2) is 4.98 Å². The van der Waals surface area contributed by atoms with Gasteiger partial charge in [0.2, 0.25) is 0 Å². The van der Waals surface area contributed by atoms with E-state index in [1.165, 1.54) is 16.8 Å². The standard InChI is InChI=1S/C16H23N3S/c1-5-17-9-16-18-14(11-20-16)10-19(4)15-7-6-12(2)8-13(15)3/h6-8,11,17H,5,9-10H2,1-4H3. The van der Waals surface area contributed by atoms with Gasteiger partial charge in [-0.3, -0.25) is 0 Å². The first-order valence-corrected chi connectivity index (χ1v) is 7.90. The van der Waals surface area contributed by atoms with E-state index >= 15 is 0 Å². The van der Waals surface area contributed by atoms with Gasteiger partial charge in [0, 0.05) is 24.7 Å². The van der Waals surface area contributed by atoms with Gasteiger partial charge < -0.3 is 10.2 Å². The SMILES string of the molecule is CCNCc1nc(CN(C)c2ccc(C)cc2C)cs1. The maximum Gasteiger partial charge on any atom is 0.107 e. The van der Waals surface area contributed by atoms with Crippen LogP contribution in [0.15, 0.2) is 23.6 Å². The largest absolute Gasteiger partial charge is 0.368 e. The summed E-state index contributed by atoms with van der Waals surface area (Å²) in [5.41, 5.74) is 5.04. The molecule has 0 atom stereocenters. The zero-order chi connectivity index (χ0) is 14.5. The van der Waals surface area contributed by atoms with Crippen LogP contribution in [-0.2, 0) is 13.1 Å². The number of aryl methyl sites for hydroxylation is 2. The van der Waals surface area contributed by atoms with Gasteiger partial charge in [-0.1, -0.05) is 24.6 Å². The van der Waals surface area contributed by atoms with Crippen molar-refractivity contribution in [2.24, 2.45) is 0 Å². The number of benzene rings is 1. The van der Waals surface area contributed by atoms with Gasteiger partial charge in [-0.05, 0) is 32.0 Å². The summed E-state index contributed by atoms with van der Waals surface area (Å²) in [6.45, 7) is 9.11. The van der Waals surface area contributed by atoms with Crippen LogP contribution in [-0.4, -0.2) is 18.6 Å². The van der Waals surface area contributed by atoms with E-state index < -0.39 is 0 Å². The number of hydrogen-bond acceptors (Lipinski definition) is 4. The topological polar surface area (TPSA) is 28.2 Å². The molecule has 0 spiro atoms. The summed E-state index contributed by atoms with van der Waals surface area (Å²) in [6, 6.07) is 6.58. The Morgan fingerprint density at radius 2 is 2.10 bits per heavy atom. The lowest BCUT2D eigenvalue weighted by atomic mass is 10.1. The molecule has 20 heavy (non-hydrogen) atoms. The molecule has 1 N–H and O–H groups in total. The van der Waals surface area contributed by atoms with Crippen molar-refractivity contribution in [1.82, 2.24) is 10.3 Å². The Kier molecular flexibility index (Phi) is 5.15. The normalized spacial score (nSPS) is 10.8. The summed E-state index contributed by atoms with van der Waals surface area (Å²) in [7, 11) is 2.13. The van der Waals surface area contributed by atoms with Crippen molar-refractivity contribution in [2.75, 3.05) is 18.5 Å². The molecule has 0 unspecified atom stereocenters. The van der Waals surface area contributed by atoms with Crippen LogP contribution >= 0.6 is 11.3 Å². The predicted molar refractivity (Wildman–Crippen MR) is 87.5 cm³/mol. The molecule has 3 nitrogen and oxygen atoms in total. The molecule has 0 aliphatic carbocycles. The van der Waals surface area contributed by atoms with Gasteiger partial charge >= 0.3 is 0 Å². The Balaban J connectivity index is 2.03. The van der Waals surface area contributed by atoms with E-state index in [9.17, 15) is 0 Å². The van der Waals surface area contributed by atoms with Crippen molar-refractivity contribution in [2.45, 2.75) is 33.9 Å². The summed E-state index contributed by atoms with van der Waals surface area (Å²) in [5.74, 6) is 0. The molecule has 1 heterocycles. The number of anilines is 1. The molecule has 4 heteroatoms. The third-order valence-corrected chi connectivity index (χ3v) is 4.19. The Morgan fingerprint density at radius 3 is 2.80 bits per heavy atom. The molecule has 2 aromatic rings. The number of aromatic nitrogens is 1. The second-order valence-corrected chi connectivity index (χ2v) is 6.10. The van der Waals surface area contributed by atoms with E-state index in [1.54, 1.807) is 11.3 Å². The molecule has 0 amide bonds. The fourth-order valence-corrected chi connectivity index (χ4v) is 3.05. The Labute approximate surface area is 125 Å². The van der Waals surface area contributed by atoms with Gasteiger partial charge in [-0.2, -0.15) is 0 Å². The average Bonchev–Trinajstić information content (AvgIpc) is 2.83. The van der Waals surface area contributed by atoms with E-state index in [0.29, 0.717) is 0 Å². The fourth-order valence-electron chi connectivity index (χ4n) is 2.30. The molecule has 1 aromatic heterocycles. The third-order valence-electron chi connectivity index (χ3n) is 3.29. The second kappa shape index (κ2) is 6.86. The van der Waals surface area contributed by atoms with Gasteiger partial charge in [0.25, 0.3) is 0 Å². The van der Waals surface area contributed by atoms with E-state index in [2.05, 4.69) is 66.6 Å². The van der Waals surface area contributed by atoms with Gasteiger partial charge in [-0.15, -0.1) is 11.3 Å².